The number of thiazole rings is 1. The Hall–Kier alpha value is -1.64. The van der Waals surface area contributed by atoms with Gasteiger partial charge in [-0.15, -0.1) is 11.8 Å². The number of nitrogens with zero attached hydrogens (tertiary/aromatic N) is 3. The van der Waals surface area contributed by atoms with E-state index in [-0.39, 0.29) is 17.6 Å². The van der Waals surface area contributed by atoms with Gasteiger partial charge in [-0.1, -0.05) is 23.5 Å². The smallest absolute Gasteiger partial charge is 0.258 e. The number of methoxy groups -OCH3 is 1. The van der Waals surface area contributed by atoms with Crippen LogP contribution in [0.2, 0.25) is 0 Å². The van der Waals surface area contributed by atoms with E-state index in [1.165, 1.54) is 29.5 Å². The zero-order valence-corrected chi connectivity index (χ0v) is 18.1. The Bertz CT molecular complexity index is 890. The topological polar surface area (TPSA) is 63.9 Å². The van der Waals surface area contributed by atoms with Crippen molar-refractivity contribution in [3.8, 4) is 0 Å². The van der Waals surface area contributed by atoms with Crippen LogP contribution in [0.15, 0.2) is 29.3 Å². The van der Waals surface area contributed by atoms with Gasteiger partial charge in [0.2, 0.25) is 5.91 Å². The summed E-state index contributed by atoms with van der Waals surface area (Å²) >= 11 is 2.85. The number of para-hydroxylation sites is 1. The minimum atomic E-state index is -0.206. The fourth-order valence-corrected chi connectivity index (χ4v) is 5.18. The molecule has 1 aromatic carbocycles. The highest BCUT2D eigenvalue weighted by atomic mass is 32.2. The van der Waals surface area contributed by atoms with Gasteiger partial charge in [0.25, 0.3) is 5.91 Å². The molecule has 1 fully saturated rings. The third kappa shape index (κ3) is 5.24. The van der Waals surface area contributed by atoms with Gasteiger partial charge in [-0.3, -0.25) is 9.59 Å². The molecule has 1 aromatic heterocycles. The van der Waals surface area contributed by atoms with E-state index < -0.39 is 0 Å². The number of carbonyl (C=O) groups excluding carboxylic acids is 2. The molecular formula is C20H27N3O3S2. The summed E-state index contributed by atoms with van der Waals surface area (Å²) in [6, 6.07) is 8.32. The molecule has 28 heavy (non-hydrogen) atoms. The Kier molecular flexibility index (Phi) is 7.70. The minimum absolute atomic E-state index is 0.127. The quantitative estimate of drug-likeness (QED) is 0.690. The van der Waals surface area contributed by atoms with Crippen molar-refractivity contribution in [2.45, 2.75) is 38.8 Å². The van der Waals surface area contributed by atoms with Crippen LogP contribution >= 0.6 is 23.1 Å². The monoisotopic (exact) mass is 421 g/mol. The van der Waals surface area contributed by atoms with Gasteiger partial charge in [0.05, 0.1) is 28.3 Å². The predicted octanol–water partition coefficient (Wildman–Crippen LogP) is 2.91. The number of likely N-dealkylation sites (tertiary alicyclic amines) is 1. The summed E-state index contributed by atoms with van der Waals surface area (Å²) in [7, 11) is 1.66. The molecule has 2 amide bonds. The summed E-state index contributed by atoms with van der Waals surface area (Å²) in [6.45, 7) is 4.13. The zero-order chi connectivity index (χ0) is 19.9. The maximum Gasteiger partial charge on any atom is 0.258 e. The van der Waals surface area contributed by atoms with Gasteiger partial charge < -0.3 is 14.2 Å². The second-order valence-corrected chi connectivity index (χ2v) is 8.92. The number of hydrogen-bond donors (Lipinski definition) is 0. The number of fused-ring (bicyclic) bond motifs is 1. The highest BCUT2D eigenvalue weighted by Gasteiger charge is 2.22. The van der Waals surface area contributed by atoms with Crippen LogP contribution in [-0.2, 0) is 20.9 Å². The molecule has 1 atom stereocenters. The van der Waals surface area contributed by atoms with Crippen molar-refractivity contribution in [1.29, 1.82) is 0 Å². The van der Waals surface area contributed by atoms with Crippen molar-refractivity contribution in [3.63, 3.8) is 0 Å². The lowest BCUT2D eigenvalue weighted by atomic mass is 10.0. The Labute approximate surface area is 173 Å². The van der Waals surface area contributed by atoms with Gasteiger partial charge in [-0.05, 0) is 38.3 Å². The Morgan fingerprint density at radius 3 is 2.89 bits per heavy atom. The van der Waals surface area contributed by atoms with E-state index in [1.54, 1.807) is 7.11 Å². The van der Waals surface area contributed by atoms with Crippen LogP contribution in [-0.4, -0.2) is 59.1 Å². The van der Waals surface area contributed by atoms with Crippen molar-refractivity contribution >= 4 is 45.1 Å². The number of ether oxygens (including phenoxy) is 1. The lowest BCUT2D eigenvalue weighted by Gasteiger charge is -2.33. The predicted molar refractivity (Wildman–Crippen MR) is 115 cm³/mol. The van der Waals surface area contributed by atoms with Gasteiger partial charge in [-0.25, -0.2) is 0 Å². The maximum absolute atomic E-state index is 12.4. The molecule has 0 aliphatic carbocycles. The number of aromatic nitrogens is 1. The SMILES string of the molecule is COCCn1c(=NC(=O)CSCC(=O)N2CCCC[C@H]2C)sc2ccccc21. The molecule has 8 heteroatoms. The molecule has 0 bridgehead atoms. The lowest BCUT2D eigenvalue weighted by Crippen LogP contribution is -2.43. The number of amides is 2. The van der Waals surface area contributed by atoms with E-state index in [9.17, 15) is 9.59 Å². The van der Waals surface area contributed by atoms with Crippen molar-refractivity contribution in [2.75, 3.05) is 31.8 Å². The minimum Gasteiger partial charge on any atom is -0.383 e. The van der Waals surface area contributed by atoms with E-state index in [0.717, 1.165) is 29.6 Å². The fraction of sp³-hybridized carbons (Fsp3) is 0.550. The molecule has 1 aliphatic heterocycles. The van der Waals surface area contributed by atoms with Crippen molar-refractivity contribution < 1.29 is 14.3 Å². The van der Waals surface area contributed by atoms with E-state index in [0.29, 0.717) is 29.7 Å². The van der Waals surface area contributed by atoms with Crippen LogP contribution < -0.4 is 4.80 Å². The molecule has 0 unspecified atom stereocenters. The number of rotatable bonds is 7. The summed E-state index contributed by atoms with van der Waals surface area (Å²) in [5.74, 6) is 0.470. The van der Waals surface area contributed by atoms with Gasteiger partial charge in [0.15, 0.2) is 4.80 Å². The van der Waals surface area contributed by atoms with E-state index in [1.807, 2.05) is 33.7 Å². The van der Waals surface area contributed by atoms with Crippen LogP contribution in [0.1, 0.15) is 26.2 Å². The first-order chi connectivity index (χ1) is 13.6. The largest absolute Gasteiger partial charge is 0.383 e. The van der Waals surface area contributed by atoms with Gasteiger partial charge in [-0.2, -0.15) is 4.99 Å². The fourth-order valence-electron chi connectivity index (χ4n) is 3.42. The molecule has 2 heterocycles. The molecule has 3 rings (SSSR count). The third-order valence-electron chi connectivity index (χ3n) is 4.90. The van der Waals surface area contributed by atoms with Crippen LogP contribution in [0, 0.1) is 0 Å². The number of carbonyl (C=O) groups is 2. The van der Waals surface area contributed by atoms with Crippen LogP contribution in [0.5, 0.6) is 0 Å². The normalized spacial score (nSPS) is 18.0. The first kappa shape index (κ1) is 21.1. The van der Waals surface area contributed by atoms with Gasteiger partial charge >= 0.3 is 0 Å². The second kappa shape index (κ2) is 10.2. The lowest BCUT2D eigenvalue weighted by molar-refractivity contribution is -0.131. The Morgan fingerprint density at radius 2 is 2.11 bits per heavy atom. The average molecular weight is 422 g/mol. The first-order valence-corrected chi connectivity index (χ1v) is 11.6. The summed E-state index contributed by atoms with van der Waals surface area (Å²) in [6.07, 6.45) is 3.33. The Balaban J connectivity index is 1.63. The van der Waals surface area contributed by atoms with Crippen molar-refractivity contribution in [3.05, 3.63) is 29.1 Å². The number of thioether (sulfide) groups is 1. The molecule has 0 saturated carbocycles. The molecule has 0 radical (unpaired) electrons. The van der Waals surface area contributed by atoms with E-state index in [4.69, 9.17) is 4.74 Å². The molecule has 2 aromatic rings. The molecule has 0 spiro atoms. The first-order valence-electron chi connectivity index (χ1n) is 9.62. The highest BCUT2D eigenvalue weighted by molar-refractivity contribution is 8.00. The van der Waals surface area contributed by atoms with Crippen molar-refractivity contribution in [1.82, 2.24) is 9.47 Å². The summed E-state index contributed by atoms with van der Waals surface area (Å²) in [5, 5.41) is 0. The molecule has 152 valence electrons. The molecule has 1 saturated heterocycles. The van der Waals surface area contributed by atoms with Crippen LogP contribution in [0.4, 0.5) is 0 Å². The third-order valence-corrected chi connectivity index (χ3v) is 6.86. The zero-order valence-electron chi connectivity index (χ0n) is 16.4. The molecule has 0 N–H and O–H groups in total. The summed E-state index contributed by atoms with van der Waals surface area (Å²) in [4.78, 5) is 31.7. The summed E-state index contributed by atoms with van der Waals surface area (Å²) in [5.41, 5.74) is 1.05. The Morgan fingerprint density at radius 1 is 1.29 bits per heavy atom. The maximum atomic E-state index is 12.4. The number of benzene rings is 1. The van der Waals surface area contributed by atoms with Gasteiger partial charge in [0, 0.05) is 26.2 Å². The molecular weight excluding hydrogens is 394 g/mol. The van der Waals surface area contributed by atoms with Gasteiger partial charge in [0.1, 0.15) is 0 Å². The number of piperidine rings is 1. The van der Waals surface area contributed by atoms with Crippen LogP contribution in [0.3, 0.4) is 0 Å². The molecule has 1 aliphatic rings. The summed E-state index contributed by atoms with van der Waals surface area (Å²) < 4.78 is 8.30. The van der Waals surface area contributed by atoms with Crippen molar-refractivity contribution in [2.24, 2.45) is 4.99 Å². The van der Waals surface area contributed by atoms with Crippen LogP contribution in [0.25, 0.3) is 10.2 Å². The molecule has 6 nitrogen and oxygen atoms in total. The number of hydrogen-bond acceptors (Lipinski definition) is 5. The van der Waals surface area contributed by atoms with E-state index >= 15 is 0 Å². The average Bonchev–Trinajstić information content (AvgIpc) is 3.03. The van der Waals surface area contributed by atoms with E-state index in [2.05, 4.69) is 11.9 Å². The second-order valence-electron chi connectivity index (χ2n) is 6.93. The standard InChI is InChI=1S/C20H27N3O3S2/c1-15-7-5-6-10-22(15)19(25)14-27-13-18(24)21-20-23(11-12-26-2)16-8-3-4-9-17(16)28-20/h3-4,8-9,15H,5-7,10-14H2,1-2H3/t15-/m1/s1. The highest BCUT2D eigenvalue weighted by Crippen LogP contribution is 2.18.